The Balaban J connectivity index is 2.07. The van der Waals surface area contributed by atoms with Crippen LogP contribution in [-0.2, 0) is 6.54 Å². The summed E-state index contributed by atoms with van der Waals surface area (Å²) in [5.74, 6) is -0.817. The number of nitrogens with zero attached hydrogens (tertiary/aromatic N) is 1. The first-order chi connectivity index (χ1) is 9.06. The van der Waals surface area contributed by atoms with Gasteiger partial charge in [0.15, 0.2) is 0 Å². The van der Waals surface area contributed by atoms with Crippen molar-refractivity contribution in [2.75, 3.05) is 0 Å². The van der Waals surface area contributed by atoms with Gasteiger partial charge in [-0.25, -0.2) is 9.37 Å². The van der Waals surface area contributed by atoms with Gasteiger partial charge in [-0.2, -0.15) is 0 Å². The van der Waals surface area contributed by atoms with Gasteiger partial charge in [-0.1, -0.05) is 35.3 Å². The Morgan fingerprint density at radius 3 is 2.79 bits per heavy atom. The Bertz CT molecular complexity index is 619. The third-order valence-corrected chi connectivity index (χ3v) is 2.88. The predicted octanol–water partition coefficient (Wildman–Crippen LogP) is 3.46. The minimum absolute atomic E-state index is 0.0468. The second kappa shape index (κ2) is 5.99. The van der Waals surface area contributed by atoms with Crippen LogP contribution in [0.3, 0.4) is 0 Å². The molecule has 0 aliphatic carbocycles. The van der Waals surface area contributed by atoms with Crippen LogP contribution in [0.4, 0.5) is 4.39 Å². The maximum atomic E-state index is 13.0. The molecule has 0 spiro atoms. The number of benzene rings is 1. The van der Waals surface area contributed by atoms with Gasteiger partial charge >= 0.3 is 0 Å². The minimum atomic E-state index is -0.461. The summed E-state index contributed by atoms with van der Waals surface area (Å²) in [5, 5.41) is 2.99. The van der Waals surface area contributed by atoms with Crippen molar-refractivity contribution in [3.8, 4) is 0 Å². The smallest absolute Gasteiger partial charge is 0.271 e. The molecule has 1 heterocycles. The molecule has 0 atom stereocenters. The van der Waals surface area contributed by atoms with Gasteiger partial charge in [0.25, 0.3) is 5.91 Å². The highest BCUT2D eigenvalue weighted by Gasteiger charge is 2.12. The summed E-state index contributed by atoms with van der Waals surface area (Å²) in [4.78, 5) is 15.7. The van der Waals surface area contributed by atoms with Crippen LogP contribution in [-0.4, -0.2) is 10.9 Å². The summed E-state index contributed by atoms with van der Waals surface area (Å²) in [7, 11) is 0. The fraction of sp³-hybridized carbons (Fsp3) is 0.0769. The molecule has 0 bridgehead atoms. The highest BCUT2D eigenvalue weighted by molar-refractivity contribution is 6.34. The van der Waals surface area contributed by atoms with Crippen molar-refractivity contribution in [1.29, 1.82) is 0 Å². The molecule has 0 aliphatic rings. The Labute approximate surface area is 119 Å². The number of halogens is 3. The molecule has 1 aromatic carbocycles. The average Bonchev–Trinajstić information content (AvgIpc) is 2.39. The van der Waals surface area contributed by atoms with Gasteiger partial charge in [-0.3, -0.25) is 4.79 Å². The van der Waals surface area contributed by atoms with Gasteiger partial charge in [0.2, 0.25) is 0 Å². The molecule has 1 aromatic heterocycles. The van der Waals surface area contributed by atoms with E-state index >= 15 is 0 Å². The number of hydrogen-bond acceptors (Lipinski definition) is 2. The maximum absolute atomic E-state index is 13.0. The zero-order valence-electron chi connectivity index (χ0n) is 9.66. The van der Waals surface area contributed by atoms with Crippen molar-refractivity contribution >= 4 is 29.1 Å². The molecule has 0 saturated carbocycles. The van der Waals surface area contributed by atoms with E-state index < -0.39 is 5.91 Å². The first kappa shape index (κ1) is 13.8. The van der Waals surface area contributed by atoms with Crippen LogP contribution in [0.1, 0.15) is 16.1 Å². The van der Waals surface area contributed by atoms with Crippen LogP contribution < -0.4 is 5.32 Å². The summed E-state index contributed by atoms with van der Waals surface area (Å²) >= 11 is 11.6. The van der Waals surface area contributed by atoms with E-state index in [4.69, 9.17) is 23.2 Å². The molecule has 2 rings (SSSR count). The minimum Gasteiger partial charge on any atom is -0.347 e. The summed E-state index contributed by atoms with van der Waals surface area (Å²) < 4.78 is 13.0. The number of hydrogen-bond donors (Lipinski definition) is 1. The number of carbonyl (C=O) groups excluding carboxylic acids is 1. The van der Waals surface area contributed by atoms with E-state index in [1.54, 1.807) is 12.1 Å². The average molecular weight is 299 g/mol. The summed E-state index contributed by atoms with van der Waals surface area (Å²) in [5.41, 5.74) is 0.692. The molecule has 3 nitrogen and oxygen atoms in total. The number of carbonyl (C=O) groups is 1. The Kier molecular flexibility index (Phi) is 4.35. The molecule has 1 N–H and O–H groups in total. The van der Waals surface area contributed by atoms with Gasteiger partial charge in [-0.05, 0) is 29.8 Å². The second-order valence-corrected chi connectivity index (χ2v) is 4.57. The first-order valence-electron chi connectivity index (χ1n) is 5.41. The van der Waals surface area contributed by atoms with Crippen LogP contribution in [0.15, 0.2) is 36.4 Å². The van der Waals surface area contributed by atoms with Crippen LogP contribution >= 0.6 is 23.2 Å². The molecule has 19 heavy (non-hydrogen) atoms. The fourth-order valence-electron chi connectivity index (χ4n) is 1.49. The highest BCUT2D eigenvalue weighted by Crippen LogP contribution is 2.16. The van der Waals surface area contributed by atoms with Crippen LogP contribution in [0.5, 0.6) is 0 Å². The van der Waals surface area contributed by atoms with Crippen molar-refractivity contribution in [2.24, 2.45) is 0 Å². The van der Waals surface area contributed by atoms with E-state index in [1.165, 1.54) is 24.3 Å². The molecule has 1 amide bonds. The standard InChI is InChI=1S/C13H9Cl2FN2O/c14-10-4-5-11(15)18-12(10)13(19)17-7-8-2-1-3-9(16)6-8/h1-6H,7H2,(H,17,19). The lowest BCUT2D eigenvalue weighted by Crippen LogP contribution is -2.24. The highest BCUT2D eigenvalue weighted by atomic mass is 35.5. The monoisotopic (exact) mass is 298 g/mol. The third-order valence-electron chi connectivity index (χ3n) is 2.37. The number of nitrogens with one attached hydrogen (secondary N) is 1. The van der Waals surface area contributed by atoms with Crippen LogP contribution in [0, 0.1) is 5.82 Å². The molecule has 0 fully saturated rings. The van der Waals surface area contributed by atoms with Crippen molar-refractivity contribution in [3.05, 3.63) is 63.6 Å². The summed E-state index contributed by atoms with van der Waals surface area (Å²) in [6.45, 7) is 0.182. The topological polar surface area (TPSA) is 42.0 Å². The Morgan fingerprint density at radius 2 is 2.05 bits per heavy atom. The number of pyridine rings is 1. The zero-order valence-corrected chi connectivity index (χ0v) is 11.2. The fourth-order valence-corrected chi connectivity index (χ4v) is 1.83. The Morgan fingerprint density at radius 1 is 1.26 bits per heavy atom. The molecule has 0 unspecified atom stereocenters. The van der Waals surface area contributed by atoms with E-state index in [0.717, 1.165) is 0 Å². The van der Waals surface area contributed by atoms with E-state index in [-0.39, 0.29) is 28.2 Å². The van der Waals surface area contributed by atoms with Gasteiger partial charge in [-0.15, -0.1) is 0 Å². The zero-order chi connectivity index (χ0) is 13.8. The summed E-state index contributed by atoms with van der Waals surface area (Å²) in [6, 6.07) is 8.94. The van der Waals surface area contributed by atoms with E-state index in [2.05, 4.69) is 10.3 Å². The van der Waals surface area contributed by atoms with E-state index in [1.807, 2.05) is 0 Å². The SMILES string of the molecule is O=C(NCc1cccc(F)c1)c1nc(Cl)ccc1Cl. The quantitative estimate of drug-likeness (QED) is 0.882. The van der Waals surface area contributed by atoms with Gasteiger partial charge in [0, 0.05) is 6.54 Å². The van der Waals surface area contributed by atoms with Crippen LogP contribution in [0.25, 0.3) is 0 Å². The van der Waals surface area contributed by atoms with Crippen molar-refractivity contribution in [1.82, 2.24) is 10.3 Å². The van der Waals surface area contributed by atoms with Gasteiger partial charge < -0.3 is 5.32 Å². The number of aromatic nitrogens is 1. The molecule has 0 radical (unpaired) electrons. The lowest BCUT2D eigenvalue weighted by Gasteiger charge is -2.06. The molecular formula is C13H9Cl2FN2O. The molecule has 0 aliphatic heterocycles. The van der Waals surface area contributed by atoms with Crippen molar-refractivity contribution in [3.63, 3.8) is 0 Å². The molecule has 98 valence electrons. The largest absolute Gasteiger partial charge is 0.347 e. The molecular weight excluding hydrogens is 290 g/mol. The molecule has 6 heteroatoms. The van der Waals surface area contributed by atoms with E-state index in [0.29, 0.717) is 5.56 Å². The van der Waals surface area contributed by atoms with E-state index in [9.17, 15) is 9.18 Å². The third kappa shape index (κ3) is 3.66. The van der Waals surface area contributed by atoms with Gasteiger partial charge in [0.1, 0.15) is 16.7 Å². The first-order valence-corrected chi connectivity index (χ1v) is 6.16. The Hall–Kier alpha value is -1.65. The number of amides is 1. The molecule has 0 saturated heterocycles. The maximum Gasteiger partial charge on any atom is 0.271 e. The van der Waals surface area contributed by atoms with Crippen molar-refractivity contribution in [2.45, 2.75) is 6.54 Å². The lowest BCUT2D eigenvalue weighted by molar-refractivity contribution is 0.0946. The summed E-state index contributed by atoms with van der Waals surface area (Å²) in [6.07, 6.45) is 0. The predicted molar refractivity (Wildman–Crippen MR) is 71.8 cm³/mol. The number of rotatable bonds is 3. The normalized spacial score (nSPS) is 10.3. The van der Waals surface area contributed by atoms with Crippen molar-refractivity contribution < 1.29 is 9.18 Å². The van der Waals surface area contributed by atoms with Gasteiger partial charge in [0.05, 0.1) is 5.02 Å². The second-order valence-electron chi connectivity index (χ2n) is 3.78. The van der Waals surface area contributed by atoms with Crippen LogP contribution in [0.2, 0.25) is 10.2 Å². The lowest BCUT2D eigenvalue weighted by atomic mass is 10.2. The molecule has 2 aromatic rings.